The molecule has 1 unspecified atom stereocenters. The first-order chi connectivity index (χ1) is 5.74. The largest absolute Gasteiger partial charge is 0.595 e. The van der Waals surface area contributed by atoms with Crippen molar-refractivity contribution in [3.05, 3.63) is 35.0 Å². The zero-order chi connectivity index (χ0) is 8.97. The quantitative estimate of drug-likeness (QED) is 0.611. The van der Waals surface area contributed by atoms with Crippen LogP contribution >= 0.6 is 0 Å². The first-order valence-electron chi connectivity index (χ1n) is 3.43. The molecule has 1 aromatic rings. The Labute approximate surface area is 69.8 Å². The molecule has 62 valence electrons. The van der Waals surface area contributed by atoms with E-state index >= 15 is 0 Å². The standard InChI is InChI=1S/C8H8N2O2/c9-6-5-7-1-3-8(4-2-7)10(11)12/h1-4,10-11H,5H2. The predicted molar refractivity (Wildman–Crippen MR) is 41.5 cm³/mol. The molecule has 0 spiro atoms. The molecule has 0 aromatic heterocycles. The predicted octanol–water partition coefficient (Wildman–Crippen LogP) is 0.156. The number of quaternary nitrogens is 1. The molecule has 0 amide bonds. The van der Waals surface area contributed by atoms with E-state index < -0.39 is 5.23 Å². The van der Waals surface area contributed by atoms with Crippen molar-refractivity contribution in [1.29, 1.82) is 5.26 Å². The molecule has 0 bridgehead atoms. The minimum atomic E-state index is -0.946. The minimum Gasteiger partial charge on any atom is -0.595 e. The van der Waals surface area contributed by atoms with Crippen LogP contribution in [0.2, 0.25) is 0 Å². The van der Waals surface area contributed by atoms with E-state index in [4.69, 9.17) is 10.5 Å². The van der Waals surface area contributed by atoms with Gasteiger partial charge in [-0.1, -0.05) is 12.1 Å². The Morgan fingerprint density at radius 3 is 2.42 bits per heavy atom. The SMILES string of the molecule is N#CCc1ccc([NH+]([O-])O)cc1. The molecule has 1 atom stereocenters. The van der Waals surface area contributed by atoms with E-state index in [1.54, 1.807) is 12.1 Å². The van der Waals surface area contributed by atoms with Crippen molar-refractivity contribution in [2.45, 2.75) is 6.42 Å². The summed E-state index contributed by atoms with van der Waals surface area (Å²) in [6.45, 7) is 0. The lowest BCUT2D eigenvalue weighted by Gasteiger charge is -2.10. The Bertz CT molecular complexity index is 287. The lowest BCUT2D eigenvalue weighted by atomic mass is 10.1. The molecule has 0 aliphatic carbocycles. The topological polar surface area (TPSA) is 71.5 Å². The lowest BCUT2D eigenvalue weighted by molar-refractivity contribution is -0.991. The second-order valence-electron chi connectivity index (χ2n) is 2.34. The first-order valence-corrected chi connectivity index (χ1v) is 3.43. The van der Waals surface area contributed by atoms with Crippen molar-refractivity contribution < 1.29 is 10.4 Å². The summed E-state index contributed by atoms with van der Waals surface area (Å²) in [5, 5.41) is 26.3. The van der Waals surface area contributed by atoms with Crippen molar-refractivity contribution in [2.75, 3.05) is 0 Å². The second-order valence-corrected chi connectivity index (χ2v) is 2.34. The molecule has 4 nitrogen and oxygen atoms in total. The van der Waals surface area contributed by atoms with Crippen molar-refractivity contribution in [1.82, 2.24) is 0 Å². The van der Waals surface area contributed by atoms with Gasteiger partial charge in [-0.25, -0.2) is 5.21 Å². The van der Waals surface area contributed by atoms with Crippen molar-refractivity contribution in [3.8, 4) is 6.07 Å². The van der Waals surface area contributed by atoms with Crippen LogP contribution in [0.4, 0.5) is 5.69 Å². The molecular formula is C8H8N2O2. The lowest BCUT2D eigenvalue weighted by Crippen LogP contribution is -2.99. The molecule has 1 rings (SSSR count). The number of nitrogens with zero attached hydrogens (tertiary/aromatic N) is 1. The van der Waals surface area contributed by atoms with Crippen LogP contribution in [0.15, 0.2) is 24.3 Å². The van der Waals surface area contributed by atoms with E-state index in [0.29, 0.717) is 6.42 Å². The maximum absolute atomic E-state index is 10.4. The summed E-state index contributed by atoms with van der Waals surface area (Å²) >= 11 is 0. The van der Waals surface area contributed by atoms with Gasteiger partial charge in [0.1, 0.15) is 0 Å². The van der Waals surface area contributed by atoms with Gasteiger partial charge in [0, 0.05) is 12.1 Å². The minimum absolute atomic E-state index is 0.247. The Kier molecular flexibility index (Phi) is 2.77. The third kappa shape index (κ3) is 2.04. The van der Waals surface area contributed by atoms with E-state index in [-0.39, 0.29) is 5.69 Å². The van der Waals surface area contributed by atoms with Gasteiger partial charge in [-0.15, -0.1) is 0 Å². The zero-order valence-corrected chi connectivity index (χ0v) is 6.32. The fourth-order valence-electron chi connectivity index (χ4n) is 0.856. The van der Waals surface area contributed by atoms with E-state index in [2.05, 4.69) is 0 Å². The third-order valence-corrected chi connectivity index (χ3v) is 1.48. The first kappa shape index (κ1) is 8.68. The van der Waals surface area contributed by atoms with Gasteiger partial charge in [-0.3, -0.25) is 0 Å². The number of rotatable bonds is 2. The molecule has 0 aliphatic heterocycles. The van der Waals surface area contributed by atoms with Crippen LogP contribution in [0.3, 0.4) is 0 Å². The maximum Gasteiger partial charge on any atom is 0.163 e. The maximum atomic E-state index is 10.4. The number of benzene rings is 1. The summed E-state index contributed by atoms with van der Waals surface area (Å²) in [5.74, 6) is 0. The normalized spacial score (nSPS) is 12.1. The molecule has 0 heterocycles. The number of nitrogens with one attached hydrogen (secondary N) is 1. The molecule has 0 radical (unpaired) electrons. The second kappa shape index (κ2) is 3.83. The smallest absolute Gasteiger partial charge is 0.163 e. The van der Waals surface area contributed by atoms with Crippen LogP contribution in [-0.2, 0) is 6.42 Å². The van der Waals surface area contributed by atoms with E-state index in [9.17, 15) is 5.21 Å². The summed E-state index contributed by atoms with van der Waals surface area (Å²) in [7, 11) is 0. The van der Waals surface area contributed by atoms with Gasteiger partial charge >= 0.3 is 0 Å². The van der Waals surface area contributed by atoms with Gasteiger partial charge in [0.2, 0.25) is 0 Å². The molecule has 0 saturated carbocycles. The highest BCUT2D eigenvalue weighted by Gasteiger charge is 1.98. The molecule has 0 saturated heterocycles. The summed E-state index contributed by atoms with van der Waals surface area (Å²) in [6.07, 6.45) is 0.319. The summed E-state index contributed by atoms with van der Waals surface area (Å²) in [5.41, 5.74) is 1.08. The Hall–Kier alpha value is -1.41. The zero-order valence-electron chi connectivity index (χ0n) is 6.32. The van der Waals surface area contributed by atoms with Crippen LogP contribution in [0.25, 0.3) is 0 Å². The van der Waals surface area contributed by atoms with Crippen molar-refractivity contribution in [2.24, 2.45) is 0 Å². The average Bonchev–Trinajstić information content (AvgIpc) is 2.06. The molecule has 0 fully saturated rings. The van der Waals surface area contributed by atoms with Gasteiger partial charge in [0.15, 0.2) is 5.69 Å². The van der Waals surface area contributed by atoms with Gasteiger partial charge in [0.05, 0.1) is 12.5 Å². The van der Waals surface area contributed by atoms with Crippen LogP contribution in [0.5, 0.6) is 0 Å². The average molecular weight is 164 g/mol. The highest BCUT2D eigenvalue weighted by atomic mass is 16.8. The monoisotopic (exact) mass is 164 g/mol. The number of nitriles is 1. The van der Waals surface area contributed by atoms with Gasteiger partial charge < -0.3 is 5.21 Å². The van der Waals surface area contributed by atoms with Gasteiger partial charge in [-0.2, -0.15) is 10.5 Å². The molecule has 4 heteroatoms. The summed E-state index contributed by atoms with van der Waals surface area (Å²) < 4.78 is 0. The van der Waals surface area contributed by atoms with Crippen LogP contribution in [0.1, 0.15) is 5.56 Å². The van der Waals surface area contributed by atoms with Crippen molar-refractivity contribution >= 4 is 5.69 Å². The van der Waals surface area contributed by atoms with Crippen LogP contribution < -0.4 is 5.23 Å². The van der Waals surface area contributed by atoms with Crippen LogP contribution in [0, 0.1) is 16.5 Å². The molecule has 12 heavy (non-hydrogen) atoms. The van der Waals surface area contributed by atoms with Crippen molar-refractivity contribution in [3.63, 3.8) is 0 Å². The summed E-state index contributed by atoms with van der Waals surface area (Å²) in [4.78, 5) is 0. The van der Waals surface area contributed by atoms with E-state index in [1.165, 1.54) is 12.1 Å². The third-order valence-electron chi connectivity index (χ3n) is 1.48. The number of hydrogen-bond acceptors (Lipinski definition) is 3. The summed E-state index contributed by atoms with van der Waals surface area (Å²) in [6, 6.07) is 8.27. The Morgan fingerprint density at radius 2 is 2.00 bits per heavy atom. The fourth-order valence-corrected chi connectivity index (χ4v) is 0.856. The highest BCUT2D eigenvalue weighted by molar-refractivity contribution is 5.33. The molecular weight excluding hydrogens is 156 g/mol. The van der Waals surface area contributed by atoms with E-state index in [1.807, 2.05) is 6.07 Å². The van der Waals surface area contributed by atoms with E-state index in [0.717, 1.165) is 5.56 Å². The molecule has 2 N–H and O–H groups in total. The fraction of sp³-hybridized carbons (Fsp3) is 0.125. The van der Waals surface area contributed by atoms with Gasteiger partial charge in [0.25, 0.3) is 0 Å². The van der Waals surface area contributed by atoms with Gasteiger partial charge in [-0.05, 0) is 5.56 Å². The molecule has 0 aliphatic rings. The Morgan fingerprint density at radius 1 is 1.42 bits per heavy atom. The highest BCUT2D eigenvalue weighted by Crippen LogP contribution is 2.04. The van der Waals surface area contributed by atoms with Crippen LogP contribution in [-0.4, -0.2) is 5.21 Å². The number of hydrogen-bond donors (Lipinski definition) is 2. The Balaban J connectivity index is 2.80. The molecule has 1 aromatic carbocycles.